The molecule has 1 spiro atoms. The molecule has 0 aromatic carbocycles. The van der Waals surface area contributed by atoms with E-state index in [0.717, 1.165) is 37.4 Å². The van der Waals surface area contributed by atoms with Crippen molar-refractivity contribution in [3.63, 3.8) is 0 Å². The Balaban J connectivity index is 1.57. The monoisotopic (exact) mass is 336 g/mol. The van der Waals surface area contributed by atoms with Crippen LogP contribution in [-0.2, 0) is 9.59 Å². The van der Waals surface area contributed by atoms with Gasteiger partial charge in [0.15, 0.2) is 0 Å². The van der Waals surface area contributed by atoms with Crippen LogP contribution in [-0.4, -0.2) is 52.9 Å². The van der Waals surface area contributed by atoms with Gasteiger partial charge in [-0.2, -0.15) is 5.01 Å². The van der Waals surface area contributed by atoms with Gasteiger partial charge in [-0.15, -0.1) is 0 Å². The molecular weight excluding hydrogens is 308 g/mol. The lowest BCUT2D eigenvalue weighted by Gasteiger charge is -2.33. The smallest absolute Gasteiger partial charge is 0.322 e. The second-order valence-electron chi connectivity index (χ2n) is 7.85. The summed E-state index contributed by atoms with van der Waals surface area (Å²) in [5, 5.41) is 3.71. The number of urea groups is 1. The molecule has 0 aromatic rings. The van der Waals surface area contributed by atoms with Crippen molar-refractivity contribution in [2.45, 2.75) is 57.9 Å². The van der Waals surface area contributed by atoms with E-state index in [9.17, 15) is 14.4 Å². The van der Waals surface area contributed by atoms with E-state index in [1.807, 2.05) is 0 Å². The minimum Gasteiger partial charge on any atom is -0.322 e. The maximum Gasteiger partial charge on any atom is 0.344 e. The van der Waals surface area contributed by atoms with Gasteiger partial charge >= 0.3 is 6.03 Å². The second-order valence-corrected chi connectivity index (χ2v) is 7.85. The van der Waals surface area contributed by atoms with Gasteiger partial charge in [-0.25, -0.2) is 4.79 Å². The fraction of sp³-hybridized carbons (Fsp3) is 0.824. The van der Waals surface area contributed by atoms with E-state index in [0.29, 0.717) is 24.7 Å². The Morgan fingerprint density at radius 3 is 2.58 bits per heavy atom. The molecule has 7 nitrogen and oxygen atoms in total. The van der Waals surface area contributed by atoms with E-state index < -0.39 is 11.6 Å². The van der Waals surface area contributed by atoms with E-state index in [1.165, 1.54) is 6.42 Å². The van der Waals surface area contributed by atoms with Crippen LogP contribution >= 0.6 is 0 Å². The van der Waals surface area contributed by atoms with Crippen LogP contribution in [0.4, 0.5) is 4.79 Å². The van der Waals surface area contributed by atoms with Gasteiger partial charge < -0.3 is 5.32 Å². The lowest BCUT2D eigenvalue weighted by molar-refractivity contribution is -0.140. The molecule has 0 unspecified atom stereocenters. The number of amides is 4. The molecule has 3 aliphatic rings. The van der Waals surface area contributed by atoms with Crippen molar-refractivity contribution in [1.29, 1.82) is 0 Å². The molecule has 24 heavy (non-hydrogen) atoms. The summed E-state index contributed by atoms with van der Waals surface area (Å²) in [5.41, 5.74) is 1.71. The lowest BCUT2D eigenvalue weighted by Crippen LogP contribution is -2.53. The van der Waals surface area contributed by atoms with Crippen LogP contribution in [0.2, 0.25) is 0 Å². The largest absolute Gasteiger partial charge is 0.344 e. The Kier molecular flexibility index (Phi) is 4.80. The third kappa shape index (κ3) is 3.41. The van der Waals surface area contributed by atoms with Crippen LogP contribution in [0.15, 0.2) is 0 Å². The molecule has 1 atom stereocenters. The first-order valence-electron chi connectivity index (χ1n) is 9.08. The quantitative estimate of drug-likeness (QED) is 0.760. The first-order valence-corrected chi connectivity index (χ1v) is 9.08. The predicted octanol–water partition coefficient (Wildman–Crippen LogP) is 1.25. The Morgan fingerprint density at radius 1 is 1.21 bits per heavy atom. The summed E-state index contributed by atoms with van der Waals surface area (Å²) in [5.74, 6) is 0.550. The van der Waals surface area contributed by atoms with Gasteiger partial charge in [-0.05, 0) is 56.9 Å². The molecule has 4 amide bonds. The molecule has 2 heterocycles. The van der Waals surface area contributed by atoms with Crippen LogP contribution < -0.4 is 10.7 Å². The lowest BCUT2D eigenvalue weighted by atomic mass is 9.77. The molecule has 134 valence electrons. The zero-order valence-electron chi connectivity index (χ0n) is 14.6. The summed E-state index contributed by atoms with van der Waals surface area (Å²) in [7, 11) is 0. The fourth-order valence-corrected chi connectivity index (χ4v) is 4.11. The highest BCUT2D eigenvalue weighted by Gasteiger charge is 2.52. The molecule has 1 saturated carbocycles. The summed E-state index contributed by atoms with van der Waals surface area (Å²) in [4.78, 5) is 39.2. The van der Waals surface area contributed by atoms with Crippen molar-refractivity contribution >= 4 is 17.8 Å². The van der Waals surface area contributed by atoms with Crippen LogP contribution in [0.3, 0.4) is 0 Å². The van der Waals surface area contributed by atoms with Crippen molar-refractivity contribution < 1.29 is 14.4 Å². The number of hydrogen-bond acceptors (Lipinski definition) is 4. The maximum atomic E-state index is 12.7. The Morgan fingerprint density at radius 2 is 1.92 bits per heavy atom. The minimum atomic E-state index is -0.809. The van der Waals surface area contributed by atoms with Gasteiger partial charge in [0, 0.05) is 6.54 Å². The number of nitrogens with one attached hydrogen (secondary N) is 2. The first-order chi connectivity index (χ1) is 11.4. The highest BCUT2D eigenvalue weighted by atomic mass is 16.2. The number of hydrazine groups is 1. The highest BCUT2D eigenvalue weighted by Crippen LogP contribution is 2.35. The molecule has 0 radical (unpaired) electrons. The number of carbonyl (C=O) groups is 3. The van der Waals surface area contributed by atoms with Crippen molar-refractivity contribution in [2.75, 3.05) is 19.6 Å². The average molecular weight is 336 g/mol. The summed E-state index contributed by atoms with van der Waals surface area (Å²) < 4.78 is 0. The van der Waals surface area contributed by atoms with E-state index in [-0.39, 0.29) is 18.4 Å². The third-order valence-corrected chi connectivity index (χ3v) is 5.63. The Labute approximate surface area is 143 Å². The van der Waals surface area contributed by atoms with Gasteiger partial charge in [0.1, 0.15) is 5.54 Å². The van der Waals surface area contributed by atoms with Gasteiger partial charge in [0.05, 0.1) is 6.54 Å². The molecule has 7 heteroatoms. The van der Waals surface area contributed by atoms with Gasteiger partial charge in [-0.1, -0.05) is 13.8 Å². The third-order valence-electron chi connectivity index (χ3n) is 5.63. The number of nitrogens with zero attached hydrogens (tertiary/aromatic N) is 2. The minimum absolute atomic E-state index is 0.228. The van der Waals surface area contributed by atoms with E-state index >= 15 is 0 Å². The zero-order valence-corrected chi connectivity index (χ0v) is 14.6. The summed E-state index contributed by atoms with van der Waals surface area (Å²) in [6.45, 7) is 6.34. The summed E-state index contributed by atoms with van der Waals surface area (Å²) in [6.07, 6.45) is 5.40. The van der Waals surface area contributed by atoms with Crippen molar-refractivity contribution in [3.05, 3.63) is 0 Å². The molecule has 1 aliphatic carbocycles. The summed E-state index contributed by atoms with van der Waals surface area (Å²) in [6, 6.07) is -0.505. The van der Waals surface area contributed by atoms with Crippen LogP contribution in [0, 0.1) is 11.8 Å². The molecule has 3 rings (SSSR count). The van der Waals surface area contributed by atoms with Gasteiger partial charge in [0.2, 0.25) is 0 Å². The van der Waals surface area contributed by atoms with Crippen LogP contribution in [0.5, 0.6) is 0 Å². The van der Waals surface area contributed by atoms with Gasteiger partial charge in [-0.3, -0.25) is 19.9 Å². The molecule has 2 aliphatic heterocycles. The van der Waals surface area contributed by atoms with E-state index in [1.54, 1.807) is 0 Å². The normalized spacial score (nSPS) is 34.5. The number of likely N-dealkylation sites (tertiary alicyclic amines) is 1. The SMILES string of the molecule is CC1CCC2(CC1)NC(=O)N(NC(=O)CN1CCC[C@H](C)C1)C2=O. The maximum absolute atomic E-state index is 12.7. The molecule has 3 fully saturated rings. The van der Waals surface area contributed by atoms with Crippen molar-refractivity contribution in [1.82, 2.24) is 20.7 Å². The topological polar surface area (TPSA) is 81.8 Å². The highest BCUT2D eigenvalue weighted by molar-refractivity contribution is 6.08. The van der Waals surface area contributed by atoms with Crippen molar-refractivity contribution in [2.24, 2.45) is 11.8 Å². The Hall–Kier alpha value is -1.63. The number of hydrogen-bond donors (Lipinski definition) is 2. The first kappa shape index (κ1) is 17.2. The van der Waals surface area contributed by atoms with E-state index in [2.05, 4.69) is 29.5 Å². The predicted molar refractivity (Wildman–Crippen MR) is 88.7 cm³/mol. The van der Waals surface area contributed by atoms with E-state index in [4.69, 9.17) is 0 Å². The van der Waals surface area contributed by atoms with Crippen LogP contribution in [0.25, 0.3) is 0 Å². The fourth-order valence-electron chi connectivity index (χ4n) is 4.11. The van der Waals surface area contributed by atoms with Crippen LogP contribution in [0.1, 0.15) is 52.4 Å². The summed E-state index contributed by atoms with van der Waals surface area (Å²) >= 11 is 0. The second kappa shape index (κ2) is 6.70. The molecule has 0 aromatic heterocycles. The number of imide groups is 1. The molecular formula is C17H28N4O3. The average Bonchev–Trinajstić information content (AvgIpc) is 2.75. The molecule has 0 bridgehead atoms. The zero-order chi connectivity index (χ0) is 17.3. The Bertz CT molecular complexity index is 528. The van der Waals surface area contributed by atoms with Crippen molar-refractivity contribution in [3.8, 4) is 0 Å². The number of carbonyl (C=O) groups excluding carboxylic acids is 3. The molecule has 2 N–H and O–H groups in total. The molecule has 2 saturated heterocycles. The number of rotatable bonds is 3. The standard InChI is InChI=1S/C17H28N4O3/c1-12-5-7-17(8-6-12)15(23)21(16(24)18-17)19-14(22)11-20-9-3-4-13(2)10-20/h12-13H,3-11H2,1-2H3,(H,18,24)(H,19,22)/t12?,13-,17?/m0/s1. The van der Waals surface area contributed by atoms with Gasteiger partial charge in [0.25, 0.3) is 11.8 Å². The number of piperidine rings is 1.